The minimum Gasteiger partial charge on any atom is -0.478 e. The third-order valence-electron chi connectivity index (χ3n) is 6.21. The van der Waals surface area contributed by atoms with Gasteiger partial charge in [0.25, 0.3) is 0 Å². The van der Waals surface area contributed by atoms with Gasteiger partial charge in [-0.2, -0.15) is 0 Å². The van der Waals surface area contributed by atoms with Crippen molar-refractivity contribution in [1.29, 1.82) is 0 Å². The average molecular weight is 444 g/mol. The minimum absolute atomic E-state index is 0.122. The molecule has 2 aromatic rings. The van der Waals surface area contributed by atoms with E-state index in [4.69, 9.17) is 5.11 Å². The van der Waals surface area contributed by atoms with Crippen LogP contribution >= 0.6 is 0 Å². The largest absolute Gasteiger partial charge is 0.478 e. The number of halogens is 2. The number of nitrogens with zero attached hydrogens (tertiary/aromatic N) is 3. The van der Waals surface area contributed by atoms with Gasteiger partial charge < -0.3 is 10.4 Å². The Kier molecular flexibility index (Phi) is 6.34. The smallest absolute Gasteiger partial charge is 0.338 e. The van der Waals surface area contributed by atoms with E-state index in [1.807, 2.05) is 0 Å². The molecule has 32 heavy (non-hydrogen) atoms. The highest BCUT2D eigenvalue weighted by atomic mass is 19.2. The van der Waals surface area contributed by atoms with Crippen LogP contribution in [0.25, 0.3) is 0 Å². The minimum atomic E-state index is -1.46. The van der Waals surface area contributed by atoms with Crippen molar-refractivity contribution in [3.63, 3.8) is 0 Å². The van der Waals surface area contributed by atoms with Gasteiger partial charge in [-0.1, -0.05) is 23.7 Å². The van der Waals surface area contributed by atoms with E-state index in [0.29, 0.717) is 24.1 Å². The summed E-state index contributed by atoms with van der Waals surface area (Å²) >= 11 is 0. The fourth-order valence-electron chi connectivity index (χ4n) is 4.08. The van der Waals surface area contributed by atoms with Crippen molar-refractivity contribution in [3.05, 3.63) is 46.5 Å². The van der Waals surface area contributed by atoms with E-state index in [9.17, 15) is 14.0 Å². The summed E-state index contributed by atoms with van der Waals surface area (Å²) in [4.78, 5) is 32.9. The third kappa shape index (κ3) is 4.71. The van der Waals surface area contributed by atoms with E-state index >= 15 is 4.48 Å². The number of carbonyl (C=O) groups is 2. The van der Waals surface area contributed by atoms with Crippen molar-refractivity contribution >= 4 is 23.5 Å². The van der Waals surface area contributed by atoms with Crippen molar-refractivity contribution in [1.82, 2.24) is 9.97 Å². The Balaban J connectivity index is 1.64. The topological polar surface area (TPSA) is 95.4 Å². The lowest BCUT2D eigenvalue weighted by molar-refractivity contribution is 0.0691. The number of anilines is 2. The number of hydrogen-bond donors (Lipinski definition) is 2. The molecule has 0 atom stereocenters. The molecule has 2 aliphatic rings. The highest BCUT2D eigenvalue weighted by molar-refractivity contribution is 6.04. The molecule has 0 spiro atoms. The zero-order valence-electron chi connectivity index (χ0n) is 17.9. The normalized spacial score (nSPS) is 16.6. The van der Waals surface area contributed by atoms with E-state index in [2.05, 4.69) is 15.3 Å². The first-order valence-electron chi connectivity index (χ1n) is 11.0. The highest BCUT2D eigenvalue weighted by Gasteiger charge is 2.28. The zero-order chi connectivity index (χ0) is 22.8. The number of carboxylic acids is 1. The van der Waals surface area contributed by atoms with Gasteiger partial charge in [-0.15, -0.1) is 5.12 Å². The molecule has 2 saturated carbocycles. The summed E-state index contributed by atoms with van der Waals surface area (Å²) in [5.41, 5.74) is -0.625. The van der Waals surface area contributed by atoms with Crippen LogP contribution in [0.2, 0.25) is 0 Å². The van der Waals surface area contributed by atoms with Crippen LogP contribution in [0.3, 0.4) is 0 Å². The predicted molar refractivity (Wildman–Crippen MR) is 115 cm³/mol. The monoisotopic (exact) mass is 444 g/mol. The molecule has 2 fully saturated rings. The molecule has 0 bridgehead atoms. The van der Waals surface area contributed by atoms with Gasteiger partial charge in [0.15, 0.2) is 0 Å². The van der Waals surface area contributed by atoms with Crippen LogP contribution in [0.1, 0.15) is 83.0 Å². The fraction of sp³-hybridized carbons (Fsp3) is 0.478. The van der Waals surface area contributed by atoms with Crippen molar-refractivity contribution in [2.75, 3.05) is 17.0 Å². The number of benzene rings is 1. The number of carboxylic acid groups (broad SMARTS) is 1. The summed E-state index contributed by atoms with van der Waals surface area (Å²) < 4.78 is 29.5. The van der Waals surface area contributed by atoms with Gasteiger partial charge >= 0.3 is 11.9 Å². The molecule has 0 aliphatic heterocycles. The number of aromatic carboxylic acids is 1. The predicted octanol–water partition coefficient (Wildman–Crippen LogP) is 5.02. The lowest BCUT2D eigenvalue weighted by atomic mass is 9.86. The van der Waals surface area contributed by atoms with E-state index in [-0.39, 0.29) is 28.0 Å². The van der Waals surface area contributed by atoms with E-state index in [1.165, 1.54) is 13.0 Å². The summed E-state index contributed by atoms with van der Waals surface area (Å²) in [6.45, 7) is 1.93. The maximum atomic E-state index is 15.1. The van der Waals surface area contributed by atoms with Gasteiger partial charge in [0, 0.05) is 23.7 Å². The Morgan fingerprint density at radius 2 is 1.88 bits per heavy atom. The van der Waals surface area contributed by atoms with Crippen molar-refractivity contribution in [2.45, 2.75) is 57.8 Å². The summed E-state index contributed by atoms with van der Waals surface area (Å²) in [7, 11) is 0. The third-order valence-corrected chi connectivity index (χ3v) is 6.21. The molecule has 2 N–H and O–H groups in total. The molecular weight excluding hydrogens is 418 g/mol. The Morgan fingerprint density at radius 1 is 1.16 bits per heavy atom. The Labute approximate surface area is 184 Å². The second-order valence-corrected chi connectivity index (χ2v) is 8.62. The zero-order valence-corrected chi connectivity index (χ0v) is 17.9. The summed E-state index contributed by atoms with van der Waals surface area (Å²) in [6.07, 6.45) is 7.49. The first-order chi connectivity index (χ1) is 15.3. The number of rotatable bonds is 7. The van der Waals surface area contributed by atoms with Crippen LogP contribution in [0.4, 0.5) is 20.5 Å². The number of amides is 1. The molecule has 1 heterocycles. The van der Waals surface area contributed by atoms with Gasteiger partial charge in [-0.3, -0.25) is 4.79 Å². The summed E-state index contributed by atoms with van der Waals surface area (Å²) in [6, 6.07) is 3.54. The SMILES string of the molecule is Cc1c(N(F)C(=O)c2cc(C3CCCCC3)nc(NCC3CC3)n2)ccc(C(=O)O)c1F. The average Bonchev–Trinajstić information content (AvgIpc) is 3.63. The molecule has 9 heteroatoms. The molecular formula is C23H26F2N4O3. The van der Waals surface area contributed by atoms with Crippen molar-refractivity contribution in [3.8, 4) is 0 Å². The van der Waals surface area contributed by atoms with Crippen LogP contribution in [0.5, 0.6) is 0 Å². The Hall–Kier alpha value is -3.10. The van der Waals surface area contributed by atoms with Crippen molar-refractivity contribution < 1.29 is 23.6 Å². The first kappa shape index (κ1) is 22.1. The highest BCUT2D eigenvalue weighted by Crippen LogP contribution is 2.34. The standard InChI is InChI=1S/C23H26F2N4O3/c1-13-19(10-9-16(20(13)24)22(31)32)29(25)21(30)18-11-17(15-5-3-2-4-6-15)27-23(28-18)26-12-14-7-8-14/h9-11,14-15H,2-8,12H2,1H3,(H,31,32)(H,26,27,28). The molecule has 4 rings (SSSR count). The second kappa shape index (κ2) is 9.18. The molecule has 7 nitrogen and oxygen atoms in total. The number of aromatic nitrogens is 2. The molecule has 1 aromatic heterocycles. The van der Waals surface area contributed by atoms with Crippen molar-refractivity contribution in [2.24, 2.45) is 5.92 Å². The van der Waals surface area contributed by atoms with Crippen LogP contribution in [-0.4, -0.2) is 33.5 Å². The number of carbonyl (C=O) groups excluding carboxylic acids is 1. The number of nitrogens with one attached hydrogen (secondary N) is 1. The second-order valence-electron chi connectivity index (χ2n) is 8.62. The lowest BCUT2D eigenvalue weighted by Crippen LogP contribution is -2.26. The maximum Gasteiger partial charge on any atom is 0.338 e. The van der Waals surface area contributed by atoms with Gasteiger partial charge in [0.05, 0.1) is 11.3 Å². The molecule has 2 aliphatic carbocycles. The Bertz CT molecular complexity index is 1040. The molecule has 170 valence electrons. The molecule has 1 aromatic carbocycles. The first-order valence-corrected chi connectivity index (χ1v) is 11.0. The van der Waals surface area contributed by atoms with E-state index in [0.717, 1.165) is 57.1 Å². The molecule has 0 unspecified atom stereocenters. The van der Waals surface area contributed by atoms with Gasteiger partial charge in [0.1, 0.15) is 11.5 Å². The van der Waals surface area contributed by atoms with Crippen LogP contribution in [0.15, 0.2) is 18.2 Å². The number of hydrogen-bond acceptors (Lipinski definition) is 5. The van der Waals surface area contributed by atoms with Gasteiger partial charge in [0.2, 0.25) is 5.95 Å². The quantitative estimate of drug-likeness (QED) is 0.582. The van der Waals surface area contributed by atoms with Crippen LogP contribution in [0, 0.1) is 18.7 Å². The van der Waals surface area contributed by atoms with Gasteiger partial charge in [-0.25, -0.2) is 19.2 Å². The summed E-state index contributed by atoms with van der Waals surface area (Å²) in [5.74, 6) is -2.56. The van der Waals surface area contributed by atoms with Crippen LogP contribution in [-0.2, 0) is 0 Å². The fourth-order valence-corrected chi connectivity index (χ4v) is 4.08. The van der Waals surface area contributed by atoms with Crippen LogP contribution < -0.4 is 10.4 Å². The maximum absolute atomic E-state index is 15.1. The Morgan fingerprint density at radius 3 is 2.53 bits per heavy atom. The molecule has 0 saturated heterocycles. The molecule has 0 radical (unpaired) electrons. The summed E-state index contributed by atoms with van der Waals surface area (Å²) in [5, 5.41) is 12.0. The lowest BCUT2D eigenvalue weighted by Gasteiger charge is -2.22. The molecule has 1 amide bonds. The van der Waals surface area contributed by atoms with E-state index < -0.39 is 23.3 Å². The van der Waals surface area contributed by atoms with E-state index in [1.54, 1.807) is 0 Å². The van der Waals surface area contributed by atoms with Gasteiger partial charge in [-0.05, 0) is 56.7 Å².